The smallest absolute Gasteiger partial charge is 0.160 e. The predicted octanol–water partition coefficient (Wildman–Crippen LogP) is 15.1. The Bertz CT molecular complexity index is 3420. The highest BCUT2D eigenvalue weighted by atomic mass is 16.3. The van der Waals surface area contributed by atoms with Gasteiger partial charge in [-0.3, -0.25) is 0 Å². The van der Waals surface area contributed by atoms with Crippen LogP contribution in [-0.4, -0.2) is 9.97 Å². The minimum atomic E-state index is -0.471. The van der Waals surface area contributed by atoms with Crippen LogP contribution in [0.25, 0.3) is 89.2 Å². The average Bonchev–Trinajstić information content (AvgIpc) is 3.88. The maximum atomic E-state index is 6.15. The highest BCUT2D eigenvalue weighted by Gasteiger charge is 2.46. The van der Waals surface area contributed by atoms with Gasteiger partial charge in [0.1, 0.15) is 11.2 Å². The zero-order valence-corrected chi connectivity index (χ0v) is 33.7. The van der Waals surface area contributed by atoms with Crippen LogP contribution < -0.4 is 0 Å². The Labute approximate surface area is 360 Å². The standard InChI is InChI=1S/C59H38N2O/c1-4-17-39(18-5-1)58-60-53(43-21-14-19-40(35-43)41-33-34-56-50(37-41)48-27-11-13-32-55(48)62-56)38-54(61-58)44-22-15-20-42(36-44)47-29-16-31-52-57(47)49-28-10-12-30-51(49)59(52,45-23-6-2-7-24-45)46-25-8-3-9-26-46/h1-38H. The average molecular weight is 791 g/mol. The first-order chi connectivity index (χ1) is 30.7. The fourth-order valence-electron chi connectivity index (χ4n) is 9.80. The van der Waals surface area contributed by atoms with E-state index in [4.69, 9.17) is 14.4 Å². The van der Waals surface area contributed by atoms with Gasteiger partial charge in [0.05, 0.1) is 16.8 Å². The third-order valence-corrected chi connectivity index (χ3v) is 12.6. The molecule has 62 heavy (non-hydrogen) atoms. The van der Waals surface area contributed by atoms with E-state index in [0.717, 1.165) is 66.7 Å². The maximum absolute atomic E-state index is 6.15. The lowest BCUT2D eigenvalue weighted by atomic mass is 9.67. The highest BCUT2D eigenvalue weighted by molar-refractivity contribution is 6.06. The van der Waals surface area contributed by atoms with Gasteiger partial charge in [-0.15, -0.1) is 0 Å². The van der Waals surface area contributed by atoms with Crippen LogP contribution in [0.1, 0.15) is 22.3 Å². The number of hydrogen-bond acceptors (Lipinski definition) is 3. The van der Waals surface area contributed by atoms with Crippen molar-refractivity contribution in [1.82, 2.24) is 9.97 Å². The molecule has 0 saturated heterocycles. The Hall–Kier alpha value is -8.14. The first kappa shape index (κ1) is 35.8. The molecule has 0 amide bonds. The van der Waals surface area contributed by atoms with Gasteiger partial charge in [-0.2, -0.15) is 0 Å². The number of benzene rings is 9. The summed E-state index contributed by atoms with van der Waals surface area (Å²) in [4.78, 5) is 10.5. The molecule has 11 aromatic rings. The summed E-state index contributed by atoms with van der Waals surface area (Å²) in [5.41, 5.74) is 18.2. The number of rotatable bonds is 7. The summed E-state index contributed by atoms with van der Waals surface area (Å²) in [5.74, 6) is 0.685. The van der Waals surface area contributed by atoms with E-state index in [9.17, 15) is 0 Å². The number of hydrogen-bond donors (Lipinski definition) is 0. The van der Waals surface area contributed by atoms with Crippen molar-refractivity contribution in [3.63, 3.8) is 0 Å². The number of fused-ring (bicyclic) bond motifs is 6. The van der Waals surface area contributed by atoms with Crippen LogP contribution in [-0.2, 0) is 5.41 Å². The second-order valence-corrected chi connectivity index (χ2v) is 16.1. The number of nitrogens with zero attached hydrogens (tertiary/aromatic N) is 2. The second kappa shape index (κ2) is 14.5. The highest BCUT2D eigenvalue weighted by Crippen LogP contribution is 2.58. The fraction of sp³-hybridized carbons (Fsp3) is 0.0169. The van der Waals surface area contributed by atoms with Crippen molar-refractivity contribution < 1.29 is 4.42 Å². The Balaban J connectivity index is 1.00. The molecule has 12 rings (SSSR count). The third-order valence-electron chi connectivity index (χ3n) is 12.6. The van der Waals surface area contributed by atoms with Crippen LogP contribution in [0.2, 0.25) is 0 Å². The van der Waals surface area contributed by atoms with E-state index in [2.05, 4.69) is 200 Å². The van der Waals surface area contributed by atoms with Gasteiger partial charge in [-0.05, 0) is 92.0 Å². The summed E-state index contributed by atoms with van der Waals surface area (Å²) in [6.07, 6.45) is 0. The second-order valence-electron chi connectivity index (χ2n) is 16.1. The van der Waals surface area contributed by atoms with Crippen molar-refractivity contribution in [2.45, 2.75) is 5.41 Å². The van der Waals surface area contributed by atoms with Gasteiger partial charge in [-0.1, -0.05) is 194 Å². The molecule has 0 saturated carbocycles. The van der Waals surface area contributed by atoms with Crippen LogP contribution in [0.5, 0.6) is 0 Å². The lowest BCUT2D eigenvalue weighted by Crippen LogP contribution is -2.28. The van der Waals surface area contributed by atoms with Crippen LogP contribution in [0, 0.1) is 0 Å². The van der Waals surface area contributed by atoms with E-state index in [1.54, 1.807) is 0 Å². The first-order valence-corrected chi connectivity index (χ1v) is 21.1. The molecule has 9 aromatic carbocycles. The fourth-order valence-corrected chi connectivity index (χ4v) is 9.80. The summed E-state index contributed by atoms with van der Waals surface area (Å²) < 4.78 is 6.15. The van der Waals surface area contributed by atoms with Crippen molar-refractivity contribution in [2.24, 2.45) is 0 Å². The topological polar surface area (TPSA) is 38.9 Å². The first-order valence-electron chi connectivity index (χ1n) is 21.1. The van der Waals surface area contributed by atoms with Gasteiger partial charge in [-0.25, -0.2) is 9.97 Å². The van der Waals surface area contributed by atoms with Gasteiger partial charge in [0, 0.05) is 27.5 Å². The van der Waals surface area contributed by atoms with E-state index >= 15 is 0 Å². The quantitative estimate of drug-likeness (QED) is 0.161. The van der Waals surface area contributed by atoms with Crippen molar-refractivity contribution in [2.75, 3.05) is 0 Å². The molecule has 0 fully saturated rings. The molecule has 2 heterocycles. The van der Waals surface area contributed by atoms with Crippen LogP contribution in [0.15, 0.2) is 235 Å². The number of aromatic nitrogens is 2. The molecule has 3 heteroatoms. The molecule has 0 N–H and O–H groups in total. The lowest BCUT2D eigenvalue weighted by molar-refractivity contribution is 0.669. The van der Waals surface area contributed by atoms with Crippen molar-refractivity contribution in [3.8, 4) is 67.3 Å². The molecule has 0 aliphatic heterocycles. The normalized spacial score (nSPS) is 12.6. The van der Waals surface area contributed by atoms with Crippen LogP contribution >= 0.6 is 0 Å². The molecular formula is C59H38N2O. The summed E-state index contributed by atoms with van der Waals surface area (Å²) in [5, 5.41) is 2.23. The third kappa shape index (κ3) is 5.74. The van der Waals surface area contributed by atoms with Crippen molar-refractivity contribution in [3.05, 3.63) is 253 Å². The lowest BCUT2D eigenvalue weighted by Gasteiger charge is -2.34. The summed E-state index contributed by atoms with van der Waals surface area (Å²) in [6.45, 7) is 0. The summed E-state index contributed by atoms with van der Waals surface area (Å²) in [6, 6.07) is 82.3. The van der Waals surface area contributed by atoms with E-state index in [1.165, 1.54) is 38.9 Å². The molecule has 0 atom stereocenters. The number of furan rings is 1. The SMILES string of the molecule is c1ccc(-c2nc(-c3cccc(-c4ccc5oc6ccccc6c5c4)c3)cc(-c3cccc(-c4cccc5c4-c4ccccc4C5(c4ccccc4)c4ccccc4)c3)n2)cc1. The Morgan fingerprint density at radius 3 is 1.58 bits per heavy atom. The molecular weight excluding hydrogens is 753 g/mol. The largest absolute Gasteiger partial charge is 0.456 e. The summed E-state index contributed by atoms with van der Waals surface area (Å²) >= 11 is 0. The molecule has 290 valence electrons. The predicted molar refractivity (Wildman–Crippen MR) is 254 cm³/mol. The number of para-hydroxylation sites is 1. The van der Waals surface area contributed by atoms with E-state index in [1.807, 2.05) is 30.3 Å². The van der Waals surface area contributed by atoms with Crippen molar-refractivity contribution >= 4 is 21.9 Å². The van der Waals surface area contributed by atoms with Gasteiger partial charge < -0.3 is 4.42 Å². The van der Waals surface area contributed by atoms with Gasteiger partial charge in [0.15, 0.2) is 5.82 Å². The maximum Gasteiger partial charge on any atom is 0.160 e. The van der Waals surface area contributed by atoms with E-state index in [-0.39, 0.29) is 0 Å². The molecule has 0 spiro atoms. The zero-order valence-electron chi connectivity index (χ0n) is 33.7. The molecule has 1 aliphatic carbocycles. The molecule has 0 unspecified atom stereocenters. The minimum absolute atomic E-state index is 0.471. The minimum Gasteiger partial charge on any atom is -0.456 e. The Morgan fingerprint density at radius 1 is 0.323 bits per heavy atom. The van der Waals surface area contributed by atoms with E-state index < -0.39 is 5.41 Å². The molecule has 1 aliphatic rings. The van der Waals surface area contributed by atoms with Gasteiger partial charge in [0.25, 0.3) is 0 Å². The summed E-state index contributed by atoms with van der Waals surface area (Å²) in [7, 11) is 0. The monoisotopic (exact) mass is 790 g/mol. The van der Waals surface area contributed by atoms with Crippen LogP contribution in [0.4, 0.5) is 0 Å². The Kier molecular flexibility index (Phi) is 8.39. The molecule has 0 radical (unpaired) electrons. The van der Waals surface area contributed by atoms with Gasteiger partial charge >= 0.3 is 0 Å². The van der Waals surface area contributed by atoms with E-state index in [0.29, 0.717) is 5.82 Å². The molecule has 0 bridgehead atoms. The molecule has 3 nitrogen and oxygen atoms in total. The van der Waals surface area contributed by atoms with Gasteiger partial charge in [0.2, 0.25) is 0 Å². The molecule has 2 aromatic heterocycles. The Morgan fingerprint density at radius 2 is 0.839 bits per heavy atom. The zero-order chi connectivity index (χ0) is 41.0. The van der Waals surface area contributed by atoms with Crippen molar-refractivity contribution in [1.29, 1.82) is 0 Å². The van der Waals surface area contributed by atoms with Crippen LogP contribution in [0.3, 0.4) is 0 Å².